The molecule has 0 aliphatic carbocycles. The van der Waals surface area contributed by atoms with Crippen LogP contribution >= 0.6 is 0 Å². The largest absolute Gasteiger partial charge is 0.336 e. The Kier molecular flexibility index (Phi) is 6.16. The molecule has 16 heavy (non-hydrogen) atoms. The zero-order chi connectivity index (χ0) is 11.8. The van der Waals surface area contributed by atoms with Gasteiger partial charge in [-0.15, -0.1) is 0 Å². The highest BCUT2D eigenvalue weighted by Gasteiger charge is 2.08. The SMILES string of the molecule is CCCCCCCCC(N)c1cncn1C. The summed E-state index contributed by atoms with van der Waals surface area (Å²) in [6.07, 6.45) is 12.7. The van der Waals surface area contributed by atoms with Gasteiger partial charge in [0, 0.05) is 19.3 Å². The van der Waals surface area contributed by atoms with Crippen LogP contribution in [0.15, 0.2) is 12.5 Å². The summed E-state index contributed by atoms with van der Waals surface area (Å²) in [6, 6.07) is 0.152. The number of imidazole rings is 1. The summed E-state index contributed by atoms with van der Waals surface area (Å²) in [5.74, 6) is 0. The molecular formula is C13H25N3. The highest BCUT2D eigenvalue weighted by Crippen LogP contribution is 2.17. The van der Waals surface area contributed by atoms with E-state index in [9.17, 15) is 0 Å². The molecule has 3 nitrogen and oxygen atoms in total. The van der Waals surface area contributed by atoms with E-state index in [1.165, 1.54) is 38.5 Å². The molecule has 0 aliphatic rings. The highest BCUT2D eigenvalue weighted by molar-refractivity contribution is 5.03. The van der Waals surface area contributed by atoms with Gasteiger partial charge in [0.25, 0.3) is 0 Å². The number of rotatable bonds is 8. The standard InChI is InChI=1S/C13H25N3/c1-3-4-5-6-7-8-9-12(14)13-10-15-11-16(13)2/h10-12H,3-9,14H2,1-2H3. The Morgan fingerprint density at radius 2 is 1.94 bits per heavy atom. The van der Waals surface area contributed by atoms with Crippen molar-refractivity contribution in [1.82, 2.24) is 9.55 Å². The number of aryl methyl sites for hydroxylation is 1. The van der Waals surface area contributed by atoms with E-state index in [4.69, 9.17) is 5.73 Å². The monoisotopic (exact) mass is 223 g/mol. The first-order valence-electron chi connectivity index (χ1n) is 6.47. The van der Waals surface area contributed by atoms with E-state index in [2.05, 4.69) is 11.9 Å². The number of unbranched alkanes of at least 4 members (excludes halogenated alkanes) is 5. The van der Waals surface area contributed by atoms with Crippen molar-refractivity contribution in [2.24, 2.45) is 12.8 Å². The lowest BCUT2D eigenvalue weighted by Crippen LogP contribution is -2.13. The van der Waals surface area contributed by atoms with Gasteiger partial charge in [0.1, 0.15) is 0 Å². The van der Waals surface area contributed by atoms with E-state index >= 15 is 0 Å². The summed E-state index contributed by atoms with van der Waals surface area (Å²) in [4.78, 5) is 4.09. The van der Waals surface area contributed by atoms with Crippen molar-refractivity contribution in [2.45, 2.75) is 57.9 Å². The lowest BCUT2D eigenvalue weighted by molar-refractivity contribution is 0.532. The molecule has 1 unspecified atom stereocenters. The Bertz CT molecular complexity index is 280. The molecule has 0 saturated heterocycles. The summed E-state index contributed by atoms with van der Waals surface area (Å²) in [5, 5.41) is 0. The summed E-state index contributed by atoms with van der Waals surface area (Å²) >= 11 is 0. The van der Waals surface area contributed by atoms with E-state index in [0.717, 1.165) is 12.1 Å². The van der Waals surface area contributed by atoms with Crippen molar-refractivity contribution >= 4 is 0 Å². The quantitative estimate of drug-likeness (QED) is 0.688. The molecule has 2 N–H and O–H groups in total. The smallest absolute Gasteiger partial charge is 0.0946 e. The Balaban J connectivity index is 2.11. The third-order valence-electron chi connectivity index (χ3n) is 3.10. The predicted octanol–water partition coefficient (Wildman–Crippen LogP) is 3.17. The molecule has 0 fully saturated rings. The van der Waals surface area contributed by atoms with Crippen LogP contribution in [0.3, 0.4) is 0 Å². The first-order chi connectivity index (χ1) is 7.75. The van der Waals surface area contributed by atoms with Crippen molar-refractivity contribution in [1.29, 1.82) is 0 Å². The molecule has 0 aliphatic heterocycles. The molecule has 92 valence electrons. The lowest BCUT2D eigenvalue weighted by atomic mass is 10.0. The highest BCUT2D eigenvalue weighted by atomic mass is 15.0. The Labute approximate surface area is 99.1 Å². The average molecular weight is 223 g/mol. The van der Waals surface area contributed by atoms with Crippen LogP contribution in [0, 0.1) is 0 Å². The molecule has 1 aromatic rings. The summed E-state index contributed by atoms with van der Waals surface area (Å²) < 4.78 is 2.02. The molecule has 1 rings (SSSR count). The fraction of sp³-hybridized carbons (Fsp3) is 0.769. The maximum Gasteiger partial charge on any atom is 0.0946 e. The van der Waals surface area contributed by atoms with Crippen molar-refractivity contribution in [3.63, 3.8) is 0 Å². The molecule has 0 saturated carbocycles. The molecule has 1 atom stereocenters. The summed E-state index contributed by atoms with van der Waals surface area (Å²) in [6.45, 7) is 2.25. The fourth-order valence-electron chi connectivity index (χ4n) is 2.02. The Hall–Kier alpha value is -0.830. The van der Waals surface area contributed by atoms with Gasteiger partial charge in [-0.3, -0.25) is 0 Å². The molecule has 1 aromatic heterocycles. The van der Waals surface area contributed by atoms with Gasteiger partial charge in [-0.05, 0) is 6.42 Å². The first-order valence-corrected chi connectivity index (χ1v) is 6.47. The van der Waals surface area contributed by atoms with Gasteiger partial charge in [0.15, 0.2) is 0 Å². The molecule has 3 heteroatoms. The van der Waals surface area contributed by atoms with Gasteiger partial charge in [-0.1, -0.05) is 45.4 Å². The molecule has 0 bridgehead atoms. The lowest BCUT2D eigenvalue weighted by Gasteiger charge is -2.11. The van der Waals surface area contributed by atoms with Crippen molar-refractivity contribution in [3.8, 4) is 0 Å². The minimum absolute atomic E-state index is 0.152. The topological polar surface area (TPSA) is 43.8 Å². The Morgan fingerprint density at radius 1 is 1.25 bits per heavy atom. The number of nitrogens with zero attached hydrogens (tertiary/aromatic N) is 2. The van der Waals surface area contributed by atoms with Crippen LogP contribution in [0.1, 0.15) is 63.6 Å². The fourth-order valence-corrected chi connectivity index (χ4v) is 2.02. The average Bonchev–Trinajstić information content (AvgIpc) is 2.69. The zero-order valence-electron chi connectivity index (χ0n) is 10.7. The van der Waals surface area contributed by atoms with E-state index in [0.29, 0.717) is 0 Å². The van der Waals surface area contributed by atoms with Gasteiger partial charge in [0.2, 0.25) is 0 Å². The second-order valence-corrected chi connectivity index (χ2v) is 4.59. The van der Waals surface area contributed by atoms with Crippen LogP contribution in [-0.4, -0.2) is 9.55 Å². The second kappa shape index (κ2) is 7.44. The van der Waals surface area contributed by atoms with Gasteiger partial charge >= 0.3 is 0 Å². The maximum absolute atomic E-state index is 6.12. The first kappa shape index (κ1) is 13.2. The third-order valence-corrected chi connectivity index (χ3v) is 3.10. The minimum atomic E-state index is 0.152. The molecule has 0 amide bonds. The molecular weight excluding hydrogens is 198 g/mol. The van der Waals surface area contributed by atoms with E-state index in [1.54, 1.807) is 0 Å². The van der Waals surface area contributed by atoms with E-state index < -0.39 is 0 Å². The van der Waals surface area contributed by atoms with E-state index in [-0.39, 0.29) is 6.04 Å². The van der Waals surface area contributed by atoms with Crippen molar-refractivity contribution in [2.75, 3.05) is 0 Å². The summed E-state index contributed by atoms with van der Waals surface area (Å²) in [5.41, 5.74) is 7.27. The van der Waals surface area contributed by atoms with Crippen LogP contribution < -0.4 is 5.73 Å². The van der Waals surface area contributed by atoms with Crippen LogP contribution in [0.2, 0.25) is 0 Å². The third kappa shape index (κ3) is 4.35. The molecule has 1 heterocycles. The van der Waals surface area contributed by atoms with Gasteiger partial charge in [0.05, 0.1) is 12.0 Å². The van der Waals surface area contributed by atoms with E-state index in [1.807, 2.05) is 24.1 Å². The van der Waals surface area contributed by atoms with Gasteiger partial charge in [-0.25, -0.2) is 4.98 Å². The zero-order valence-corrected chi connectivity index (χ0v) is 10.7. The summed E-state index contributed by atoms with van der Waals surface area (Å²) in [7, 11) is 2.00. The van der Waals surface area contributed by atoms with Crippen molar-refractivity contribution < 1.29 is 0 Å². The molecule has 0 spiro atoms. The van der Waals surface area contributed by atoms with Crippen LogP contribution in [0.4, 0.5) is 0 Å². The number of nitrogens with two attached hydrogens (primary N) is 1. The Morgan fingerprint density at radius 3 is 2.56 bits per heavy atom. The minimum Gasteiger partial charge on any atom is -0.336 e. The maximum atomic E-state index is 6.12. The normalized spacial score (nSPS) is 12.9. The number of hydrogen-bond donors (Lipinski definition) is 1. The van der Waals surface area contributed by atoms with Crippen LogP contribution in [0.5, 0.6) is 0 Å². The van der Waals surface area contributed by atoms with Gasteiger partial charge in [-0.2, -0.15) is 0 Å². The van der Waals surface area contributed by atoms with Crippen LogP contribution in [0.25, 0.3) is 0 Å². The second-order valence-electron chi connectivity index (χ2n) is 4.59. The molecule has 0 aromatic carbocycles. The van der Waals surface area contributed by atoms with Gasteiger partial charge < -0.3 is 10.3 Å². The molecule has 0 radical (unpaired) electrons. The number of aromatic nitrogens is 2. The predicted molar refractivity (Wildman–Crippen MR) is 68.1 cm³/mol. The number of hydrogen-bond acceptors (Lipinski definition) is 2. The van der Waals surface area contributed by atoms with Crippen molar-refractivity contribution in [3.05, 3.63) is 18.2 Å². The van der Waals surface area contributed by atoms with Crippen LogP contribution in [-0.2, 0) is 7.05 Å².